The highest BCUT2D eigenvalue weighted by Crippen LogP contribution is 2.44. The number of hydrogen-bond acceptors (Lipinski definition) is 4. The fourth-order valence-corrected chi connectivity index (χ4v) is 4.74. The number of rotatable bonds is 4. The Morgan fingerprint density at radius 2 is 1.60 bits per heavy atom. The van der Waals surface area contributed by atoms with Gasteiger partial charge in [0.2, 0.25) is 0 Å². The second-order valence-electron chi connectivity index (χ2n) is 9.12. The van der Waals surface area contributed by atoms with Crippen LogP contribution in [0.4, 0.5) is 4.79 Å². The molecule has 6 nitrogen and oxygen atoms in total. The van der Waals surface area contributed by atoms with E-state index in [2.05, 4.69) is 17.4 Å². The van der Waals surface area contributed by atoms with Gasteiger partial charge in [-0.05, 0) is 46.9 Å². The third-order valence-electron chi connectivity index (χ3n) is 6.52. The van der Waals surface area contributed by atoms with E-state index in [0.29, 0.717) is 12.8 Å². The van der Waals surface area contributed by atoms with E-state index in [9.17, 15) is 19.8 Å². The number of aliphatic carboxylic acids is 1. The van der Waals surface area contributed by atoms with Crippen LogP contribution in [0.2, 0.25) is 0 Å². The van der Waals surface area contributed by atoms with Gasteiger partial charge in [-0.2, -0.15) is 0 Å². The largest absolute Gasteiger partial charge is 0.479 e. The van der Waals surface area contributed by atoms with Crippen LogP contribution in [-0.4, -0.2) is 40.5 Å². The number of carbonyl (C=O) groups is 2. The normalized spacial score (nSPS) is 24.6. The molecule has 1 saturated carbocycles. The second kappa shape index (κ2) is 7.43. The molecule has 6 heteroatoms. The Balaban J connectivity index is 1.48. The van der Waals surface area contributed by atoms with Gasteiger partial charge in [-0.1, -0.05) is 62.4 Å². The van der Waals surface area contributed by atoms with E-state index in [1.165, 1.54) is 0 Å². The first-order valence-electron chi connectivity index (χ1n) is 10.3. The van der Waals surface area contributed by atoms with E-state index in [0.717, 1.165) is 22.3 Å². The molecule has 0 spiro atoms. The number of carbonyl (C=O) groups excluding carboxylic acids is 1. The quantitative estimate of drug-likeness (QED) is 0.711. The molecule has 4 rings (SSSR count). The first-order chi connectivity index (χ1) is 14.2. The van der Waals surface area contributed by atoms with Crippen LogP contribution in [-0.2, 0) is 9.53 Å². The maximum atomic E-state index is 12.6. The molecule has 1 fully saturated rings. The van der Waals surface area contributed by atoms with Gasteiger partial charge in [0.25, 0.3) is 0 Å². The summed E-state index contributed by atoms with van der Waals surface area (Å²) in [7, 11) is 0. The van der Waals surface area contributed by atoms with Crippen molar-refractivity contribution in [2.45, 2.75) is 50.7 Å². The molecule has 1 amide bonds. The summed E-state index contributed by atoms with van der Waals surface area (Å²) in [5.41, 5.74) is 2.32. The highest BCUT2D eigenvalue weighted by atomic mass is 16.5. The smallest absolute Gasteiger partial charge is 0.407 e. The van der Waals surface area contributed by atoms with E-state index in [1.54, 1.807) is 0 Å². The SMILES string of the molecule is CC1(C)CCC(O)(C(=O)O)C(NC(=O)OCC2c3ccccc3-c3ccccc32)C1. The zero-order valence-electron chi connectivity index (χ0n) is 17.2. The molecule has 0 radical (unpaired) electrons. The molecule has 30 heavy (non-hydrogen) atoms. The summed E-state index contributed by atoms with van der Waals surface area (Å²) >= 11 is 0. The van der Waals surface area contributed by atoms with Crippen molar-refractivity contribution in [3.05, 3.63) is 59.7 Å². The van der Waals surface area contributed by atoms with E-state index in [4.69, 9.17) is 4.74 Å². The van der Waals surface area contributed by atoms with Crippen molar-refractivity contribution in [3.8, 4) is 11.1 Å². The van der Waals surface area contributed by atoms with Crippen molar-refractivity contribution in [2.75, 3.05) is 6.61 Å². The van der Waals surface area contributed by atoms with E-state index < -0.39 is 23.7 Å². The summed E-state index contributed by atoms with van der Waals surface area (Å²) < 4.78 is 5.53. The van der Waals surface area contributed by atoms with Crippen LogP contribution in [0.1, 0.15) is 50.2 Å². The molecule has 0 saturated heterocycles. The van der Waals surface area contributed by atoms with E-state index in [1.807, 2.05) is 50.2 Å². The number of carboxylic acids is 1. The molecule has 0 aliphatic heterocycles. The molecule has 0 heterocycles. The van der Waals surface area contributed by atoms with Crippen molar-refractivity contribution in [2.24, 2.45) is 5.41 Å². The lowest BCUT2D eigenvalue weighted by atomic mass is 9.68. The highest BCUT2D eigenvalue weighted by Gasteiger charge is 2.51. The topological polar surface area (TPSA) is 95.9 Å². The lowest BCUT2D eigenvalue weighted by Crippen LogP contribution is -2.61. The van der Waals surface area contributed by atoms with Crippen molar-refractivity contribution >= 4 is 12.1 Å². The number of aliphatic hydroxyl groups is 1. The molecule has 2 aromatic carbocycles. The summed E-state index contributed by atoms with van der Waals surface area (Å²) in [6.07, 6.45) is 0.307. The number of alkyl carbamates (subject to hydrolysis) is 1. The highest BCUT2D eigenvalue weighted by molar-refractivity contribution is 5.81. The molecule has 2 aromatic rings. The average Bonchev–Trinajstić information content (AvgIpc) is 3.03. The summed E-state index contributed by atoms with van der Waals surface area (Å²) in [4.78, 5) is 24.3. The minimum absolute atomic E-state index is 0.0793. The zero-order valence-corrected chi connectivity index (χ0v) is 17.2. The number of ether oxygens (including phenoxy) is 1. The summed E-state index contributed by atoms with van der Waals surface area (Å²) in [6.45, 7) is 4.14. The molecule has 2 unspecified atom stereocenters. The summed E-state index contributed by atoms with van der Waals surface area (Å²) in [6, 6.07) is 15.2. The number of carboxylic acid groups (broad SMARTS) is 1. The van der Waals surface area contributed by atoms with Crippen LogP contribution in [0.3, 0.4) is 0 Å². The van der Waals surface area contributed by atoms with Gasteiger partial charge in [-0.25, -0.2) is 9.59 Å². The zero-order chi connectivity index (χ0) is 21.5. The minimum atomic E-state index is -1.99. The van der Waals surface area contributed by atoms with Crippen LogP contribution >= 0.6 is 0 Å². The van der Waals surface area contributed by atoms with Gasteiger partial charge in [0, 0.05) is 5.92 Å². The molecule has 0 aromatic heterocycles. The van der Waals surface area contributed by atoms with E-state index >= 15 is 0 Å². The molecule has 0 bridgehead atoms. The molecular formula is C24H27NO5. The number of nitrogens with one attached hydrogen (secondary N) is 1. The standard InChI is InChI=1S/C24H27NO5/c1-23(2)11-12-24(29,21(26)27)20(13-23)25-22(28)30-14-19-17-9-5-3-7-15(17)16-8-4-6-10-18(16)19/h3-10,19-20,29H,11-14H2,1-2H3,(H,25,28)(H,26,27). The summed E-state index contributed by atoms with van der Waals surface area (Å²) in [5.74, 6) is -1.40. The predicted octanol–water partition coefficient (Wildman–Crippen LogP) is 3.92. The third kappa shape index (κ3) is 3.56. The second-order valence-corrected chi connectivity index (χ2v) is 9.12. The van der Waals surface area contributed by atoms with E-state index in [-0.39, 0.29) is 24.4 Å². The number of hydrogen-bond donors (Lipinski definition) is 3. The lowest BCUT2D eigenvalue weighted by molar-refractivity contribution is -0.168. The Bertz CT molecular complexity index is 940. The van der Waals surface area contributed by atoms with Gasteiger partial charge in [-0.3, -0.25) is 0 Å². The van der Waals surface area contributed by atoms with Gasteiger partial charge >= 0.3 is 12.1 Å². The van der Waals surface area contributed by atoms with Crippen LogP contribution in [0.15, 0.2) is 48.5 Å². The maximum Gasteiger partial charge on any atom is 0.407 e. The van der Waals surface area contributed by atoms with Crippen molar-refractivity contribution < 1.29 is 24.5 Å². The molecule has 2 atom stereocenters. The van der Waals surface area contributed by atoms with Crippen LogP contribution in [0.5, 0.6) is 0 Å². The van der Waals surface area contributed by atoms with Gasteiger partial charge in [0.1, 0.15) is 6.61 Å². The van der Waals surface area contributed by atoms with Crippen molar-refractivity contribution in [3.63, 3.8) is 0 Å². The maximum absolute atomic E-state index is 12.6. The van der Waals surface area contributed by atoms with Gasteiger partial charge in [-0.15, -0.1) is 0 Å². The van der Waals surface area contributed by atoms with Gasteiger partial charge in [0.05, 0.1) is 6.04 Å². The lowest BCUT2D eigenvalue weighted by Gasteiger charge is -2.43. The molecule has 158 valence electrons. The Hall–Kier alpha value is -2.86. The Labute approximate surface area is 175 Å². The van der Waals surface area contributed by atoms with Crippen LogP contribution < -0.4 is 5.32 Å². The Morgan fingerprint density at radius 3 is 2.17 bits per heavy atom. The molecule has 3 N–H and O–H groups in total. The Kier molecular flexibility index (Phi) is 5.06. The predicted molar refractivity (Wildman–Crippen MR) is 112 cm³/mol. The molecule has 2 aliphatic rings. The molecular weight excluding hydrogens is 382 g/mol. The van der Waals surface area contributed by atoms with Crippen molar-refractivity contribution in [1.29, 1.82) is 0 Å². The number of benzene rings is 2. The number of fused-ring (bicyclic) bond motifs is 3. The Morgan fingerprint density at radius 1 is 1.03 bits per heavy atom. The molecule has 2 aliphatic carbocycles. The van der Waals surface area contributed by atoms with Gasteiger partial charge < -0.3 is 20.3 Å². The fraction of sp³-hybridized carbons (Fsp3) is 0.417. The average molecular weight is 409 g/mol. The first kappa shape index (κ1) is 20.4. The first-order valence-corrected chi connectivity index (χ1v) is 10.3. The van der Waals surface area contributed by atoms with Crippen LogP contribution in [0.25, 0.3) is 11.1 Å². The van der Waals surface area contributed by atoms with Crippen molar-refractivity contribution in [1.82, 2.24) is 5.32 Å². The monoisotopic (exact) mass is 409 g/mol. The minimum Gasteiger partial charge on any atom is -0.479 e. The fourth-order valence-electron chi connectivity index (χ4n) is 4.74. The number of amides is 1. The van der Waals surface area contributed by atoms with Gasteiger partial charge in [0.15, 0.2) is 5.60 Å². The summed E-state index contributed by atoms with van der Waals surface area (Å²) in [5, 5.41) is 22.8. The van der Waals surface area contributed by atoms with Crippen LogP contribution in [0, 0.1) is 5.41 Å². The third-order valence-corrected chi connectivity index (χ3v) is 6.52.